The standard InChI is InChI=1S/C17H14N2O3/c1-10-8-13(20)3-5-15(10)19-16-14-4-2-12(17(21)22)9-11(14)6-7-18-16/h2-9,20H,1H3,(H,18,19)(H,21,22). The van der Waals surface area contributed by atoms with Gasteiger partial charge in [0.15, 0.2) is 0 Å². The van der Waals surface area contributed by atoms with Crippen molar-refractivity contribution in [2.75, 3.05) is 5.32 Å². The maximum atomic E-state index is 11.0. The molecule has 2 aromatic carbocycles. The Bertz CT molecular complexity index is 875. The summed E-state index contributed by atoms with van der Waals surface area (Å²) in [7, 11) is 0. The molecule has 0 bridgehead atoms. The number of aryl methyl sites for hydroxylation is 1. The number of hydrogen-bond donors (Lipinski definition) is 3. The third-order valence-corrected chi connectivity index (χ3v) is 3.47. The largest absolute Gasteiger partial charge is 0.508 e. The second-order valence-electron chi connectivity index (χ2n) is 5.02. The molecule has 1 heterocycles. The van der Waals surface area contributed by atoms with Crippen molar-refractivity contribution in [2.45, 2.75) is 6.92 Å². The number of aromatic hydroxyl groups is 1. The predicted octanol–water partition coefficient (Wildman–Crippen LogP) is 3.69. The molecule has 0 fully saturated rings. The molecule has 0 saturated heterocycles. The van der Waals surface area contributed by atoms with Crippen LogP contribution >= 0.6 is 0 Å². The molecule has 0 unspecified atom stereocenters. The van der Waals surface area contributed by atoms with E-state index >= 15 is 0 Å². The Labute approximate surface area is 126 Å². The summed E-state index contributed by atoms with van der Waals surface area (Å²) in [6.07, 6.45) is 1.63. The number of carboxylic acids is 1. The summed E-state index contributed by atoms with van der Waals surface area (Å²) < 4.78 is 0. The molecule has 0 amide bonds. The van der Waals surface area contributed by atoms with E-state index in [1.165, 1.54) is 0 Å². The van der Waals surface area contributed by atoms with Gasteiger partial charge in [-0.25, -0.2) is 9.78 Å². The van der Waals surface area contributed by atoms with Gasteiger partial charge in [-0.05, 0) is 60.3 Å². The van der Waals surface area contributed by atoms with Crippen LogP contribution in [0.25, 0.3) is 10.8 Å². The number of benzene rings is 2. The van der Waals surface area contributed by atoms with Gasteiger partial charge < -0.3 is 15.5 Å². The van der Waals surface area contributed by atoms with Gasteiger partial charge in [0.25, 0.3) is 0 Å². The van der Waals surface area contributed by atoms with Crippen LogP contribution in [0.4, 0.5) is 11.5 Å². The Morgan fingerprint density at radius 3 is 2.68 bits per heavy atom. The second-order valence-corrected chi connectivity index (χ2v) is 5.02. The first kappa shape index (κ1) is 13.9. The second kappa shape index (κ2) is 5.37. The number of aromatic nitrogens is 1. The molecule has 1 aromatic heterocycles. The molecule has 5 nitrogen and oxygen atoms in total. The zero-order chi connectivity index (χ0) is 15.7. The van der Waals surface area contributed by atoms with Crippen molar-refractivity contribution in [1.29, 1.82) is 0 Å². The lowest BCUT2D eigenvalue weighted by molar-refractivity contribution is 0.0697. The normalized spacial score (nSPS) is 10.6. The van der Waals surface area contributed by atoms with Crippen molar-refractivity contribution >= 4 is 28.2 Å². The fraction of sp³-hybridized carbons (Fsp3) is 0.0588. The number of fused-ring (bicyclic) bond motifs is 1. The van der Waals surface area contributed by atoms with E-state index in [0.717, 1.165) is 22.0 Å². The number of anilines is 2. The highest BCUT2D eigenvalue weighted by molar-refractivity contribution is 5.98. The smallest absolute Gasteiger partial charge is 0.335 e. The number of aromatic carboxylic acids is 1. The lowest BCUT2D eigenvalue weighted by Crippen LogP contribution is -1.99. The van der Waals surface area contributed by atoms with E-state index in [9.17, 15) is 9.90 Å². The number of nitrogens with zero attached hydrogens (tertiary/aromatic N) is 1. The number of carbonyl (C=O) groups is 1. The average molecular weight is 294 g/mol. The fourth-order valence-electron chi connectivity index (χ4n) is 2.33. The number of hydrogen-bond acceptors (Lipinski definition) is 4. The number of rotatable bonds is 3. The van der Waals surface area contributed by atoms with Gasteiger partial charge in [-0.3, -0.25) is 0 Å². The summed E-state index contributed by atoms with van der Waals surface area (Å²) in [5, 5.41) is 23.4. The predicted molar refractivity (Wildman–Crippen MR) is 84.8 cm³/mol. The van der Waals surface area contributed by atoms with Gasteiger partial charge in [-0.1, -0.05) is 0 Å². The molecule has 0 spiro atoms. The van der Waals surface area contributed by atoms with Gasteiger partial charge in [0.05, 0.1) is 5.56 Å². The number of phenols is 1. The molecule has 22 heavy (non-hydrogen) atoms. The van der Waals surface area contributed by atoms with Crippen LogP contribution in [0.15, 0.2) is 48.7 Å². The molecule has 0 atom stereocenters. The van der Waals surface area contributed by atoms with Crippen molar-refractivity contribution in [3.05, 3.63) is 59.8 Å². The van der Waals surface area contributed by atoms with Crippen LogP contribution in [-0.4, -0.2) is 21.2 Å². The molecule has 110 valence electrons. The van der Waals surface area contributed by atoms with Gasteiger partial charge in [-0.15, -0.1) is 0 Å². The number of nitrogens with one attached hydrogen (secondary N) is 1. The quantitative estimate of drug-likeness (QED) is 0.642. The minimum absolute atomic E-state index is 0.208. The minimum Gasteiger partial charge on any atom is -0.508 e. The van der Waals surface area contributed by atoms with Crippen LogP contribution in [0.1, 0.15) is 15.9 Å². The number of carboxylic acid groups (broad SMARTS) is 1. The molecule has 3 N–H and O–H groups in total. The highest BCUT2D eigenvalue weighted by atomic mass is 16.4. The molecule has 3 aromatic rings. The van der Waals surface area contributed by atoms with Crippen LogP contribution in [0.3, 0.4) is 0 Å². The van der Waals surface area contributed by atoms with Crippen LogP contribution in [-0.2, 0) is 0 Å². The Morgan fingerprint density at radius 1 is 1.14 bits per heavy atom. The fourth-order valence-corrected chi connectivity index (χ4v) is 2.33. The molecule has 0 saturated carbocycles. The van der Waals surface area contributed by atoms with Gasteiger partial charge in [-0.2, -0.15) is 0 Å². The maximum Gasteiger partial charge on any atom is 0.335 e. The van der Waals surface area contributed by atoms with E-state index in [1.807, 2.05) is 6.92 Å². The molecule has 3 rings (SSSR count). The highest BCUT2D eigenvalue weighted by Crippen LogP contribution is 2.28. The van der Waals surface area contributed by atoms with E-state index in [4.69, 9.17) is 5.11 Å². The summed E-state index contributed by atoms with van der Waals surface area (Å²) in [5.74, 6) is -0.106. The van der Waals surface area contributed by atoms with Crippen molar-refractivity contribution < 1.29 is 15.0 Å². The van der Waals surface area contributed by atoms with E-state index in [2.05, 4.69) is 10.3 Å². The summed E-state index contributed by atoms with van der Waals surface area (Å²) in [6, 6.07) is 11.7. The summed E-state index contributed by atoms with van der Waals surface area (Å²) >= 11 is 0. The first-order valence-electron chi connectivity index (χ1n) is 6.73. The summed E-state index contributed by atoms with van der Waals surface area (Å²) in [4.78, 5) is 15.4. The van der Waals surface area contributed by atoms with Crippen LogP contribution in [0.5, 0.6) is 5.75 Å². The van der Waals surface area contributed by atoms with Crippen molar-refractivity contribution in [1.82, 2.24) is 4.98 Å². The third kappa shape index (κ3) is 2.56. The molecule has 0 aliphatic heterocycles. The lowest BCUT2D eigenvalue weighted by Gasteiger charge is -2.11. The SMILES string of the molecule is Cc1cc(O)ccc1Nc1nccc2cc(C(=O)O)ccc12. The Balaban J connectivity index is 2.05. The van der Waals surface area contributed by atoms with Gasteiger partial charge >= 0.3 is 5.97 Å². The first-order valence-corrected chi connectivity index (χ1v) is 6.73. The van der Waals surface area contributed by atoms with Crippen molar-refractivity contribution in [2.24, 2.45) is 0 Å². The molecule has 5 heteroatoms. The summed E-state index contributed by atoms with van der Waals surface area (Å²) in [5.41, 5.74) is 1.96. The first-order chi connectivity index (χ1) is 10.5. The maximum absolute atomic E-state index is 11.0. The molecule has 0 aliphatic carbocycles. The van der Waals surface area contributed by atoms with Crippen molar-refractivity contribution in [3.63, 3.8) is 0 Å². The van der Waals surface area contributed by atoms with E-state index in [-0.39, 0.29) is 11.3 Å². The zero-order valence-corrected chi connectivity index (χ0v) is 11.9. The Hall–Kier alpha value is -3.08. The highest BCUT2D eigenvalue weighted by Gasteiger charge is 2.08. The van der Waals surface area contributed by atoms with Crippen LogP contribution in [0, 0.1) is 6.92 Å². The van der Waals surface area contributed by atoms with Gasteiger partial charge in [0, 0.05) is 17.3 Å². The molecule has 0 radical (unpaired) electrons. The zero-order valence-electron chi connectivity index (χ0n) is 11.9. The van der Waals surface area contributed by atoms with E-state index in [1.54, 1.807) is 48.7 Å². The molecular weight excluding hydrogens is 280 g/mol. The number of phenolic OH excluding ortho intramolecular Hbond substituents is 1. The molecular formula is C17H14N2O3. The third-order valence-electron chi connectivity index (χ3n) is 3.47. The van der Waals surface area contributed by atoms with Crippen LogP contribution in [0.2, 0.25) is 0 Å². The average Bonchev–Trinajstić information content (AvgIpc) is 2.49. The van der Waals surface area contributed by atoms with Gasteiger partial charge in [0.2, 0.25) is 0 Å². The Kier molecular flexibility index (Phi) is 3.39. The lowest BCUT2D eigenvalue weighted by atomic mass is 10.1. The van der Waals surface area contributed by atoms with E-state index < -0.39 is 5.97 Å². The topological polar surface area (TPSA) is 82.5 Å². The summed E-state index contributed by atoms with van der Waals surface area (Å²) in [6.45, 7) is 1.88. The van der Waals surface area contributed by atoms with Crippen LogP contribution < -0.4 is 5.32 Å². The Morgan fingerprint density at radius 2 is 1.95 bits per heavy atom. The van der Waals surface area contributed by atoms with E-state index in [0.29, 0.717) is 5.82 Å². The monoisotopic (exact) mass is 294 g/mol. The minimum atomic E-state index is -0.956. The van der Waals surface area contributed by atoms with Crippen molar-refractivity contribution in [3.8, 4) is 5.75 Å². The number of pyridine rings is 1. The van der Waals surface area contributed by atoms with Gasteiger partial charge in [0.1, 0.15) is 11.6 Å². The molecule has 0 aliphatic rings.